The van der Waals surface area contributed by atoms with Gasteiger partial charge in [0.2, 0.25) is 5.82 Å². The van der Waals surface area contributed by atoms with Gasteiger partial charge < -0.3 is 14.0 Å². The molecule has 0 bridgehead atoms. The molecule has 4 rings (SSSR count). The van der Waals surface area contributed by atoms with Crippen LogP contribution in [0, 0.1) is 5.82 Å². The Kier molecular flexibility index (Phi) is 4.74. The van der Waals surface area contributed by atoms with Crippen LogP contribution in [-0.4, -0.2) is 30.6 Å². The van der Waals surface area contributed by atoms with Crippen LogP contribution in [-0.2, 0) is 11.2 Å². The number of carboxylic acid groups (broad SMARTS) is 1. The third kappa shape index (κ3) is 3.44. The van der Waals surface area contributed by atoms with Gasteiger partial charge in [-0.1, -0.05) is 28.4 Å². The van der Waals surface area contributed by atoms with Crippen molar-refractivity contribution in [3.8, 4) is 23.0 Å². The first-order valence-corrected chi connectivity index (χ1v) is 8.85. The zero-order valence-electron chi connectivity index (χ0n) is 14.1. The van der Waals surface area contributed by atoms with Gasteiger partial charge in [-0.3, -0.25) is 4.79 Å². The van der Waals surface area contributed by atoms with Gasteiger partial charge >= 0.3 is 5.97 Å². The Morgan fingerprint density at radius 3 is 2.82 bits per heavy atom. The molecule has 0 fully saturated rings. The Labute approximate surface area is 167 Å². The third-order valence-electron chi connectivity index (χ3n) is 4.07. The predicted molar refractivity (Wildman–Crippen MR) is 99.9 cm³/mol. The van der Waals surface area contributed by atoms with Gasteiger partial charge in [0.1, 0.15) is 11.5 Å². The summed E-state index contributed by atoms with van der Waals surface area (Å²) >= 11 is 12.3. The largest absolute Gasteiger partial charge is 0.481 e. The van der Waals surface area contributed by atoms with Crippen LogP contribution in [0.15, 0.2) is 41.2 Å². The maximum atomic E-state index is 14.3. The monoisotopic (exact) mass is 420 g/mol. The van der Waals surface area contributed by atoms with Gasteiger partial charge in [0, 0.05) is 24.4 Å². The second kappa shape index (κ2) is 7.21. The number of fused-ring (bicyclic) bond motifs is 1. The van der Waals surface area contributed by atoms with Crippen LogP contribution in [0.1, 0.15) is 12.0 Å². The second-order valence-electron chi connectivity index (χ2n) is 5.95. The number of pyridine rings is 1. The first-order chi connectivity index (χ1) is 13.4. The molecule has 1 aromatic carbocycles. The number of rotatable bonds is 5. The van der Waals surface area contributed by atoms with E-state index in [1.165, 1.54) is 6.07 Å². The summed E-state index contributed by atoms with van der Waals surface area (Å²) in [4.78, 5) is 19.3. The number of aromatic nitrogens is 4. The molecule has 10 heteroatoms. The molecule has 0 aliphatic heterocycles. The van der Waals surface area contributed by atoms with E-state index in [0.29, 0.717) is 16.4 Å². The number of hydrogen-bond donors (Lipinski definition) is 1. The highest BCUT2D eigenvalue weighted by molar-refractivity contribution is 6.33. The number of aryl methyl sites for hydroxylation is 1. The van der Waals surface area contributed by atoms with Crippen molar-refractivity contribution in [3.05, 3.63) is 58.1 Å². The first kappa shape index (κ1) is 18.4. The van der Waals surface area contributed by atoms with Crippen molar-refractivity contribution in [3.63, 3.8) is 0 Å². The molecule has 0 amide bonds. The number of aliphatic carboxylic acids is 1. The Morgan fingerprint density at radius 2 is 2.07 bits per heavy atom. The summed E-state index contributed by atoms with van der Waals surface area (Å²) in [6, 6.07) is 6.01. The lowest BCUT2D eigenvalue weighted by molar-refractivity contribution is -0.136. The normalized spacial score (nSPS) is 11.2. The zero-order chi connectivity index (χ0) is 19.8. The van der Waals surface area contributed by atoms with E-state index >= 15 is 0 Å². The Bertz CT molecular complexity index is 1200. The molecule has 4 aromatic rings. The van der Waals surface area contributed by atoms with Gasteiger partial charge in [0.05, 0.1) is 10.0 Å². The van der Waals surface area contributed by atoms with Crippen LogP contribution in [0.25, 0.3) is 28.6 Å². The molecule has 3 aromatic heterocycles. The quantitative estimate of drug-likeness (QED) is 0.510. The summed E-state index contributed by atoms with van der Waals surface area (Å²) in [7, 11) is 0. The van der Waals surface area contributed by atoms with Gasteiger partial charge in [-0.2, -0.15) is 4.98 Å². The molecular formula is C18H11Cl2FN4O3. The number of hydrogen-bond acceptors (Lipinski definition) is 5. The number of carbonyl (C=O) groups is 1. The Morgan fingerprint density at radius 1 is 1.25 bits per heavy atom. The van der Waals surface area contributed by atoms with Gasteiger partial charge in [-0.25, -0.2) is 9.37 Å². The lowest BCUT2D eigenvalue weighted by Gasteiger charge is -2.05. The molecule has 0 saturated heterocycles. The lowest BCUT2D eigenvalue weighted by atomic mass is 10.1. The van der Waals surface area contributed by atoms with Crippen molar-refractivity contribution in [1.82, 2.24) is 19.5 Å². The number of halogens is 3. The van der Waals surface area contributed by atoms with Crippen molar-refractivity contribution in [1.29, 1.82) is 0 Å². The second-order valence-corrected chi connectivity index (χ2v) is 6.77. The number of nitrogens with zero attached hydrogens (tertiary/aromatic N) is 4. The molecule has 142 valence electrons. The standard InChI is InChI=1S/C18H11Cl2FN4O3/c19-11-2-1-5-25-8-14(22-17(11)25)18-23-16(24-28-18)10-7-13(21)9(6-12(10)20)3-4-15(26)27/h1-2,5-8H,3-4H2,(H,26,27). The molecule has 1 N–H and O–H groups in total. The molecule has 0 atom stereocenters. The number of carboxylic acids is 1. The topological polar surface area (TPSA) is 93.5 Å². The SMILES string of the molecule is O=C(O)CCc1cc(Cl)c(-c2noc(-c3cn4cccc(Cl)c4n3)n2)cc1F. The van der Waals surface area contributed by atoms with E-state index in [0.717, 1.165) is 6.07 Å². The van der Waals surface area contributed by atoms with Crippen LogP contribution in [0.4, 0.5) is 4.39 Å². The molecule has 0 unspecified atom stereocenters. The molecule has 28 heavy (non-hydrogen) atoms. The fourth-order valence-corrected chi connectivity index (χ4v) is 3.19. The van der Waals surface area contributed by atoms with Crippen molar-refractivity contribution < 1.29 is 18.8 Å². The molecule has 0 saturated carbocycles. The molecule has 7 nitrogen and oxygen atoms in total. The van der Waals surface area contributed by atoms with Crippen LogP contribution in [0.5, 0.6) is 0 Å². The fraction of sp³-hybridized carbons (Fsp3) is 0.111. The highest BCUT2D eigenvalue weighted by Gasteiger charge is 2.18. The van der Waals surface area contributed by atoms with Crippen LogP contribution < -0.4 is 0 Å². The molecule has 0 aliphatic rings. The van der Waals surface area contributed by atoms with Crippen LogP contribution in [0.3, 0.4) is 0 Å². The third-order valence-corrected chi connectivity index (χ3v) is 4.67. The smallest absolute Gasteiger partial charge is 0.303 e. The zero-order valence-corrected chi connectivity index (χ0v) is 15.6. The van der Waals surface area contributed by atoms with Crippen molar-refractivity contribution in [2.75, 3.05) is 0 Å². The summed E-state index contributed by atoms with van der Waals surface area (Å²) in [5.74, 6) is -1.39. The van der Waals surface area contributed by atoms with E-state index in [1.807, 2.05) is 0 Å². The van der Waals surface area contributed by atoms with Gasteiger partial charge in [0.15, 0.2) is 5.65 Å². The Balaban J connectivity index is 1.67. The average molecular weight is 421 g/mol. The highest BCUT2D eigenvalue weighted by Crippen LogP contribution is 2.31. The maximum absolute atomic E-state index is 14.3. The van der Waals surface area contributed by atoms with E-state index in [9.17, 15) is 9.18 Å². The minimum atomic E-state index is -1.02. The first-order valence-electron chi connectivity index (χ1n) is 8.10. The number of benzene rings is 1. The molecule has 0 aliphatic carbocycles. The maximum Gasteiger partial charge on any atom is 0.303 e. The number of imidazole rings is 1. The minimum Gasteiger partial charge on any atom is -0.481 e. The van der Waals surface area contributed by atoms with Crippen LogP contribution in [0.2, 0.25) is 10.0 Å². The average Bonchev–Trinajstić information content (AvgIpc) is 3.29. The van der Waals surface area contributed by atoms with Crippen LogP contribution >= 0.6 is 23.2 Å². The van der Waals surface area contributed by atoms with Gasteiger partial charge in [-0.05, 0) is 36.2 Å². The summed E-state index contributed by atoms with van der Waals surface area (Å²) in [5, 5.41) is 13.2. The van der Waals surface area contributed by atoms with E-state index in [1.54, 1.807) is 28.9 Å². The predicted octanol–water partition coefficient (Wildman–Crippen LogP) is 4.51. The summed E-state index contributed by atoms with van der Waals surface area (Å²) in [5.41, 5.74) is 1.37. The minimum absolute atomic E-state index is 0.0284. The fourth-order valence-electron chi connectivity index (χ4n) is 2.71. The van der Waals surface area contributed by atoms with E-state index in [-0.39, 0.29) is 40.7 Å². The van der Waals surface area contributed by atoms with Crippen molar-refractivity contribution in [2.45, 2.75) is 12.8 Å². The van der Waals surface area contributed by atoms with Crippen molar-refractivity contribution >= 4 is 34.8 Å². The van der Waals surface area contributed by atoms with E-state index < -0.39 is 11.8 Å². The Hall–Kier alpha value is -2.97. The summed E-state index contributed by atoms with van der Waals surface area (Å²) in [6.07, 6.45) is 3.28. The summed E-state index contributed by atoms with van der Waals surface area (Å²) < 4.78 is 21.3. The molecule has 3 heterocycles. The van der Waals surface area contributed by atoms with E-state index in [2.05, 4.69) is 15.1 Å². The summed E-state index contributed by atoms with van der Waals surface area (Å²) in [6.45, 7) is 0. The van der Waals surface area contributed by atoms with Gasteiger partial charge in [0.25, 0.3) is 5.89 Å². The molecule has 0 spiro atoms. The highest BCUT2D eigenvalue weighted by atomic mass is 35.5. The lowest BCUT2D eigenvalue weighted by Crippen LogP contribution is -2.00. The molecule has 0 radical (unpaired) electrons. The van der Waals surface area contributed by atoms with Gasteiger partial charge in [-0.15, -0.1) is 0 Å². The van der Waals surface area contributed by atoms with Crippen molar-refractivity contribution in [2.24, 2.45) is 0 Å². The molecular weight excluding hydrogens is 410 g/mol. The van der Waals surface area contributed by atoms with E-state index in [4.69, 9.17) is 32.8 Å².